The summed E-state index contributed by atoms with van der Waals surface area (Å²) in [5.74, 6) is 6.46. The highest BCUT2D eigenvalue weighted by atomic mass is 32.2. The van der Waals surface area contributed by atoms with Gasteiger partial charge in [-0.2, -0.15) is 0 Å². The monoisotopic (exact) mass is 271 g/mol. The molecule has 6 rings (SSSR count). The molecule has 2 bridgehead atoms. The number of fused-ring (bicyclic) bond motifs is 3. The molecule has 9 unspecified atom stereocenters. The van der Waals surface area contributed by atoms with Crippen LogP contribution in [0.25, 0.3) is 0 Å². The largest absolute Gasteiger partial charge is 0.258 e. The van der Waals surface area contributed by atoms with Crippen LogP contribution < -0.4 is 0 Å². The zero-order chi connectivity index (χ0) is 12.8. The van der Waals surface area contributed by atoms with Crippen LogP contribution in [0.4, 0.5) is 0 Å². The molecule has 1 nitrogen and oxygen atoms in total. The normalized spacial score (nSPS) is 71.8. The number of hydrogen-bond acceptors (Lipinski definition) is 2. The second-order valence-electron chi connectivity index (χ2n) is 8.33. The molecule has 6 fully saturated rings. The minimum absolute atomic E-state index is 0.454. The molecule has 0 heterocycles. The number of thioether (sulfide) groups is 1. The summed E-state index contributed by atoms with van der Waals surface area (Å²) in [6, 6.07) is 0. The van der Waals surface area contributed by atoms with Gasteiger partial charge in [-0.05, 0) is 85.7 Å². The topological polar surface area (TPSA) is 12.4 Å². The van der Waals surface area contributed by atoms with E-state index in [-0.39, 0.29) is 0 Å². The van der Waals surface area contributed by atoms with Crippen LogP contribution in [0.15, 0.2) is 16.6 Å². The van der Waals surface area contributed by atoms with Gasteiger partial charge in [-0.15, -0.1) is 0 Å². The van der Waals surface area contributed by atoms with Crippen LogP contribution in [0.2, 0.25) is 0 Å². The second-order valence-corrected chi connectivity index (χ2v) is 9.85. The average molecular weight is 271 g/mol. The summed E-state index contributed by atoms with van der Waals surface area (Å²) in [5.41, 5.74) is 1.56. The summed E-state index contributed by atoms with van der Waals surface area (Å²) in [5, 5.41) is 0.977. The van der Waals surface area contributed by atoms with E-state index < -0.39 is 0 Å². The van der Waals surface area contributed by atoms with E-state index >= 15 is 0 Å². The molecule has 19 heavy (non-hydrogen) atoms. The number of rotatable bonds is 3. The van der Waals surface area contributed by atoms with Gasteiger partial charge < -0.3 is 0 Å². The molecule has 9 atom stereocenters. The van der Waals surface area contributed by atoms with E-state index in [1.54, 1.807) is 19.3 Å². The Morgan fingerprint density at radius 3 is 2.37 bits per heavy atom. The third-order valence-corrected chi connectivity index (χ3v) is 10.4. The van der Waals surface area contributed by atoms with Gasteiger partial charge in [0.2, 0.25) is 0 Å². The van der Waals surface area contributed by atoms with Crippen molar-refractivity contribution in [3.05, 3.63) is 11.6 Å². The van der Waals surface area contributed by atoms with E-state index in [1.165, 1.54) is 6.42 Å². The number of nitrogens with zero attached hydrogens (tertiary/aromatic N) is 1. The van der Waals surface area contributed by atoms with Crippen molar-refractivity contribution < 1.29 is 0 Å². The Labute approximate surface area is 119 Å². The summed E-state index contributed by atoms with van der Waals surface area (Å²) in [6.07, 6.45) is 6.24. The Morgan fingerprint density at radius 1 is 1.05 bits per heavy atom. The van der Waals surface area contributed by atoms with E-state index in [0.29, 0.717) is 4.75 Å². The lowest BCUT2D eigenvalue weighted by molar-refractivity contribution is -0.436. The van der Waals surface area contributed by atoms with Crippen molar-refractivity contribution in [2.45, 2.75) is 37.4 Å². The first-order chi connectivity index (χ1) is 9.12. The molecular weight excluding hydrogens is 250 g/mol. The zero-order valence-corrected chi connectivity index (χ0v) is 12.4. The van der Waals surface area contributed by atoms with Gasteiger partial charge in [-0.1, -0.05) is 18.3 Å². The minimum atomic E-state index is 0.454. The van der Waals surface area contributed by atoms with Gasteiger partial charge in [-0.3, -0.25) is 4.99 Å². The minimum Gasteiger partial charge on any atom is -0.258 e. The SMILES string of the molecule is C=NC(=C)SC1(C)C2CC3CC4C5CC6CC2C65C341. The Bertz CT molecular complexity index is 570. The maximum absolute atomic E-state index is 4.13. The smallest absolute Gasteiger partial charge is 0.0886 e. The molecule has 0 amide bonds. The van der Waals surface area contributed by atoms with Crippen molar-refractivity contribution >= 4 is 18.5 Å². The van der Waals surface area contributed by atoms with Gasteiger partial charge in [0.1, 0.15) is 0 Å². The van der Waals surface area contributed by atoms with Gasteiger partial charge in [-0.25, -0.2) is 0 Å². The second kappa shape index (κ2) is 2.49. The molecule has 0 N–H and O–H groups in total. The highest BCUT2D eigenvalue weighted by Crippen LogP contribution is 3.04. The zero-order valence-electron chi connectivity index (χ0n) is 11.6. The van der Waals surface area contributed by atoms with E-state index in [9.17, 15) is 0 Å². The van der Waals surface area contributed by atoms with E-state index in [2.05, 4.69) is 25.2 Å². The third-order valence-electron chi connectivity index (χ3n) is 9.01. The van der Waals surface area contributed by atoms with Crippen molar-refractivity contribution in [3.63, 3.8) is 0 Å². The molecule has 6 aliphatic rings. The molecular formula is C17H21NS. The first-order valence-corrected chi connectivity index (χ1v) is 8.78. The van der Waals surface area contributed by atoms with Gasteiger partial charge >= 0.3 is 0 Å². The molecule has 0 aromatic rings. The molecule has 6 aliphatic carbocycles. The van der Waals surface area contributed by atoms with E-state index in [4.69, 9.17) is 0 Å². The fraction of sp³-hybridized carbons (Fsp3) is 0.824. The first kappa shape index (κ1) is 10.5. The molecule has 0 radical (unpaired) electrons. The summed E-state index contributed by atoms with van der Waals surface area (Å²) >= 11 is 2.02. The van der Waals surface area contributed by atoms with E-state index in [0.717, 1.165) is 51.4 Å². The van der Waals surface area contributed by atoms with Crippen LogP contribution >= 0.6 is 11.8 Å². The van der Waals surface area contributed by atoms with Crippen LogP contribution in [-0.2, 0) is 0 Å². The summed E-state index contributed by atoms with van der Waals surface area (Å²) in [4.78, 5) is 4.13. The van der Waals surface area contributed by atoms with Crippen molar-refractivity contribution in [1.29, 1.82) is 0 Å². The highest BCUT2D eigenvalue weighted by Gasteiger charge is 3.00. The molecule has 6 saturated carbocycles. The van der Waals surface area contributed by atoms with Gasteiger partial charge in [0, 0.05) is 4.75 Å². The quantitative estimate of drug-likeness (QED) is 0.708. The van der Waals surface area contributed by atoms with Gasteiger partial charge in [0.25, 0.3) is 0 Å². The summed E-state index contributed by atoms with van der Waals surface area (Å²) in [6.45, 7) is 10.4. The van der Waals surface area contributed by atoms with E-state index in [1.807, 2.05) is 11.8 Å². The fourth-order valence-electron chi connectivity index (χ4n) is 9.18. The van der Waals surface area contributed by atoms with Gasteiger partial charge in [0.05, 0.1) is 5.03 Å². The lowest BCUT2D eigenvalue weighted by Crippen LogP contribution is -2.87. The van der Waals surface area contributed by atoms with Crippen LogP contribution in [-0.4, -0.2) is 11.5 Å². The Balaban J connectivity index is 1.54. The molecule has 0 aliphatic heterocycles. The molecule has 0 aromatic heterocycles. The molecule has 0 aromatic carbocycles. The van der Waals surface area contributed by atoms with Crippen molar-refractivity contribution in [2.24, 2.45) is 51.3 Å². The summed E-state index contributed by atoms with van der Waals surface area (Å²) in [7, 11) is 0. The Kier molecular flexibility index (Phi) is 1.37. The third kappa shape index (κ3) is 0.614. The highest BCUT2D eigenvalue weighted by molar-refractivity contribution is 8.04. The predicted molar refractivity (Wildman–Crippen MR) is 79.0 cm³/mol. The molecule has 2 heteroatoms. The standard InChI is InChI=1S/C17H21NS/c1-8(18-3)19-15(2)11-6-10-7-14-13-5-9-4-12(11)16(9,13)17(10,14)15/h9-14H,1,3-7H2,2H3. The van der Waals surface area contributed by atoms with Crippen LogP contribution in [0.5, 0.6) is 0 Å². The Morgan fingerprint density at radius 2 is 1.68 bits per heavy atom. The van der Waals surface area contributed by atoms with Crippen LogP contribution in [0, 0.1) is 46.3 Å². The average Bonchev–Trinajstić information content (AvgIpc) is 2.69. The first-order valence-electron chi connectivity index (χ1n) is 7.97. The maximum Gasteiger partial charge on any atom is 0.0886 e. The molecule has 2 spiro atoms. The fourth-order valence-corrected chi connectivity index (χ4v) is 10.8. The Hall–Kier alpha value is -0.240. The van der Waals surface area contributed by atoms with Crippen LogP contribution in [0.1, 0.15) is 32.6 Å². The lowest BCUT2D eigenvalue weighted by Gasteiger charge is -2.91. The molecule has 100 valence electrons. The van der Waals surface area contributed by atoms with Crippen molar-refractivity contribution in [1.82, 2.24) is 0 Å². The summed E-state index contributed by atoms with van der Waals surface area (Å²) < 4.78 is 0.454. The van der Waals surface area contributed by atoms with Crippen molar-refractivity contribution in [3.8, 4) is 0 Å². The molecule has 0 saturated heterocycles. The van der Waals surface area contributed by atoms with Crippen molar-refractivity contribution in [2.75, 3.05) is 0 Å². The lowest BCUT2D eigenvalue weighted by atomic mass is 9.13. The maximum atomic E-state index is 4.13. The number of aliphatic imine (C=N–C) groups is 1. The van der Waals surface area contributed by atoms with Crippen LogP contribution in [0.3, 0.4) is 0 Å². The van der Waals surface area contributed by atoms with Gasteiger partial charge in [0.15, 0.2) is 0 Å². The number of hydrogen-bond donors (Lipinski definition) is 0. The predicted octanol–water partition coefficient (Wildman–Crippen LogP) is 3.96.